The first-order chi connectivity index (χ1) is 6.29. The van der Waals surface area contributed by atoms with Crippen LogP contribution in [0.5, 0.6) is 0 Å². The lowest BCUT2D eigenvalue weighted by molar-refractivity contribution is -0.104. The van der Waals surface area contributed by atoms with Crippen LogP contribution >= 0.6 is 0 Å². The minimum absolute atomic E-state index is 0.0272. The molecule has 0 heterocycles. The highest BCUT2D eigenvalue weighted by Gasteiger charge is 2.03. The Bertz CT molecular complexity index is 356. The number of rotatable bonds is 3. The van der Waals surface area contributed by atoms with Gasteiger partial charge in [0.2, 0.25) is 0 Å². The summed E-state index contributed by atoms with van der Waals surface area (Å²) in [4.78, 5) is 20.4. The Morgan fingerprint density at radius 1 is 1.23 bits per heavy atom. The molecule has 66 valence electrons. The fraction of sp³-hybridized carbons (Fsp3) is 0. The van der Waals surface area contributed by atoms with E-state index in [1.807, 2.05) is 0 Å². The Labute approximate surface area is 74.7 Å². The highest BCUT2D eigenvalue weighted by Crippen LogP contribution is 2.12. The van der Waals surface area contributed by atoms with Crippen molar-refractivity contribution in [2.24, 2.45) is 0 Å². The Morgan fingerprint density at radius 2 is 2.00 bits per heavy atom. The largest absolute Gasteiger partial charge is 0.299 e. The summed E-state index contributed by atoms with van der Waals surface area (Å²) in [6.45, 7) is 0. The third-order valence-electron chi connectivity index (χ3n) is 1.56. The quantitative estimate of drug-likeness (QED) is 0.522. The standard InChI is InChI=1S/C10H7FO2/c11-10-5-1-3-8(4-2-6-12)9(10)7-13/h1-7H. The minimum atomic E-state index is -0.581. The predicted molar refractivity (Wildman–Crippen MR) is 46.9 cm³/mol. The minimum Gasteiger partial charge on any atom is -0.299 e. The van der Waals surface area contributed by atoms with Crippen LogP contribution in [-0.2, 0) is 4.79 Å². The van der Waals surface area contributed by atoms with Crippen LogP contribution in [0.15, 0.2) is 24.3 Å². The summed E-state index contributed by atoms with van der Waals surface area (Å²) >= 11 is 0. The van der Waals surface area contributed by atoms with Crippen molar-refractivity contribution >= 4 is 18.6 Å². The zero-order valence-corrected chi connectivity index (χ0v) is 6.74. The molecule has 0 aliphatic carbocycles. The van der Waals surface area contributed by atoms with E-state index in [0.717, 1.165) is 0 Å². The van der Waals surface area contributed by atoms with Crippen LogP contribution in [0.25, 0.3) is 6.08 Å². The molecular formula is C10H7FO2. The van der Waals surface area contributed by atoms with Gasteiger partial charge in [0, 0.05) is 0 Å². The summed E-state index contributed by atoms with van der Waals surface area (Å²) in [5.41, 5.74) is 0.378. The molecule has 0 radical (unpaired) electrons. The molecule has 0 aromatic heterocycles. The molecule has 2 nitrogen and oxygen atoms in total. The molecule has 1 aromatic carbocycles. The maximum atomic E-state index is 12.9. The summed E-state index contributed by atoms with van der Waals surface area (Å²) in [6.07, 6.45) is 3.60. The van der Waals surface area contributed by atoms with Gasteiger partial charge >= 0.3 is 0 Å². The van der Waals surface area contributed by atoms with Crippen molar-refractivity contribution in [3.05, 3.63) is 41.2 Å². The highest BCUT2D eigenvalue weighted by atomic mass is 19.1. The third kappa shape index (κ3) is 2.08. The van der Waals surface area contributed by atoms with Gasteiger partial charge in [-0.3, -0.25) is 9.59 Å². The number of aldehydes is 2. The molecule has 1 rings (SSSR count). The van der Waals surface area contributed by atoms with Gasteiger partial charge in [-0.05, 0) is 17.7 Å². The fourth-order valence-corrected chi connectivity index (χ4v) is 0.966. The molecule has 0 aliphatic rings. The van der Waals surface area contributed by atoms with Crippen LogP contribution in [-0.4, -0.2) is 12.6 Å². The summed E-state index contributed by atoms with van der Waals surface area (Å²) in [6, 6.07) is 4.24. The normalized spacial score (nSPS) is 10.2. The van der Waals surface area contributed by atoms with E-state index in [2.05, 4.69) is 0 Å². The Balaban J connectivity index is 3.19. The van der Waals surface area contributed by atoms with Gasteiger partial charge in [-0.15, -0.1) is 0 Å². The third-order valence-corrected chi connectivity index (χ3v) is 1.56. The average molecular weight is 178 g/mol. The molecule has 0 atom stereocenters. The van der Waals surface area contributed by atoms with Crippen LogP contribution < -0.4 is 0 Å². The van der Waals surface area contributed by atoms with Crippen LogP contribution in [0.3, 0.4) is 0 Å². The molecule has 0 fully saturated rings. The van der Waals surface area contributed by atoms with Crippen LogP contribution in [0.1, 0.15) is 15.9 Å². The summed E-state index contributed by atoms with van der Waals surface area (Å²) in [5.74, 6) is -0.581. The topological polar surface area (TPSA) is 34.1 Å². The van der Waals surface area contributed by atoms with Crippen molar-refractivity contribution in [1.82, 2.24) is 0 Å². The Morgan fingerprint density at radius 3 is 2.62 bits per heavy atom. The first-order valence-electron chi connectivity index (χ1n) is 3.65. The van der Waals surface area contributed by atoms with Crippen LogP contribution in [0, 0.1) is 5.82 Å². The molecular weight excluding hydrogens is 171 g/mol. The van der Waals surface area contributed by atoms with Crippen LogP contribution in [0.4, 0.5) is 4.39 Å². The lowest BCUT2D eigenvalue weighted by atomic mass is 10.1. The van der Waals surface area contributed by atoms with Crippen molar-refractivity contribution in [2.75, 3.05) is 0 Å². The second kappa shape index (κ2) is 4.30. The Kier molecular flexibility index (Phi) is 3.09. The molecule has 0 saturated heterocycles. The SMILES string of the molecule is O=CC=Cc1cccc(F)c1C=O. The number of hydrogen-bond acceptors (Lipinski definition) is 2. The number of carbonyl (C=O) groups excluding carboxylic acids is 2. The van der Waals surface area contributed by atoms with Crippen LogP contribution in [0.2, 0.25) is 0 Å². The number of allylic oxidation sites excluding steroid dienone is 1. The van der Waals surface area contributed by atoms with E-state index in [9.17, 15) is 14.0 Å². The van der Waals surface area contributed by atoms with Gasteiger partial charge in [0.1, 0.15) is 12.1 Å². The Hall–Kier alpha value is -1.77. The van der Waals surface area contributed by atoms with Gasteiger partial charge in [-0.1, -0.05) is 18.2 Å². The molecule has 0 N–H and O–H groups in total. The van der Waals surface area contributed by atoms with Gasteiger partial charge in [-0.25, -0.2) is 4.39 Å². The summed E-state index contributed by atoms with van der Waals surface area (Å²) in [7, 11) is 0. The maximum Gasteiger partial charge on any atom is 0.153 e. The molecule has 0 spiro atoms. The van der Waals surface area contributed by atoms with E-state index in [4.69, 9.17) is 0 Å². The fourth-order valence-electron chi connectivity index (χ4n) is 0.966. The second-order valence-corrected chi connectivity index (χ2v) is 2.36. The van der Waals surface area contributed by atoms with Crippen molar-refractivity contribution in [3.8, 4) is 0 Å². The number of benzene rings is 1. The smallest absolute Gasteiger partial charge is 0.153 e. The molecule has 0 saturated carbocycles. The molecule has 3 heteroatoms. The molecule has 0 bridgehead atoms. The predicted octanol–water partition coefficient (Wildman–Crippen LogP) is 1.85. The zero-order valence-electron chi connectivity index (χ0n) is 6.74. The average Bonchev–Trinajstić information content (AvgIpc) is 2.15. The van der Waals surface area contributed by atoms with Gasteiger partial charge in [0.15, 0.2) is 6.29 Å². The highest BCUT2D eigenvalue weighted by molar-refractivity contribution is 5.84. The number of halogens is 1. The van der Waals surface area contributed by atoms with Crippen molar-refractivity contribution in [3.63, 3.8) is 0 Å². The van der Waals surface area contributed by atoms with Gasteiger partial charge in [-0.2, -0.15) is 0 Å². The first kappa shape index (κ1) is 9.32. The van der Waals surface area contributed by atoms with E-state index in [1.54, 1.807) is 6.07 Å². The first-order valence-corrected chi connectivity index (χ1v) is 3.65. The molecule has 0 aliphatic heterocycles. The molecule has 0 unspecified atom stereocenters. The summed E-state index contributed by atoms with van der Waals surface area (Å²) in [5, 5.41) is 0. The second-order valence-electron chi connectivity index (χ2n) is 2.36. The van der Waals surface area contributed by atoms with Crippen molar-refractivity contribution in [1.29, 1.82) is 0 Å². The lowest BCUT2D eigenvalue weighted by Crippen LogP contribution is -1.91. The monoisotopic (exact) mass is 178 g/mol. The van der Waals surface area contributed by atoms with Crippen molar-refractivity contribution < 1.29 is 14.0 Å². The summed E-state index contributed by atoms with van der Waals surface area (Å²) < 4.78 is 12.9. The molecule has 0 amide bonds. The molecule has 1 aromatic rings. The number of hydrogen-bond donors (Lipinski definition) is 0. The van der Waals surface area contributed by atoms with Gasteiger partial charge < -0.3 is 0 Å². The van der Waals surface area contributed by atoms with Crippen molar-refractivity contribution in [2.45, 2.75) is 0 Å². The van der Waals surface area contributed by atoms with Gasteiger partial charge in [0.25, 0.3) is 0 Å². The van der Waals surface area contributed by atoms with E-state index < -0.39 is 5.82 Å². The maximum absolute atomic E-state index is 12.9. The van der Waals surface area contributed by atoms with Gasteiger partial charge in [0.05, 0.1) is 5.56 Å². The zero-order chi connectivity index (χ0) is 9.68. The lowest BCUT2D eigenvalue weighted by Gasteiger charge is -1.98. The molecule has 13 heavy (non-hydrogen) atoms. The number of carbonyl (C=O) groups is 2. The van der Waals surface area contributed by atoms with E-state index >= 15 is 0 Å². The van der Waals surface area contributed by atoms with E-state index in [-0.39, 0.29) is 5.56 Å². The van der Waals surface area contributed by atoms with E-state index in [0.29, 0.717) is 18.1 Å². The van der Waals surface area contributed by atoms with E-state index in [1.165, 1.54) is 24.3 Å².